The van der Waals surface area contributed by atoms with Crippen LogP contribution in [0.15, 0.2) is 30.3 Å². The van der Waals surface area contributed by atoms with Gasteiger partial charge in [-0.15, -0.1) is 0 Å². The van der Waals surface area contributed by atoms with Crippen LogP contribution in [0.4, 0.5) is 0 Å². The van der Waals surface area contributed by atoms with E-state index in [1.807, 2.05) is 0 Å². The highest BCUT2D eigenvalue weighted by molar-refractivity contribution is 5.14. The van der Waals surface area contributed by atoms with E-state index in [9.17, 15) is 0 Å². The lowest BCUT2D eigenvalue weighted by Crippen LogP contribution is -2.37. The molecule has 1 heteroatoms. The number of hydrogen-bond acceptors (Lipinski definition) is 1. The average molecular weight is 259 g/mol. The summed E-state index contributed by atoms with van der Waals surface area (Å²) < 4.78 is 0. The number of benzene rings is 1. The highest BCUT2D eigenvalue weighted by Crippen LogP contribution is 2.37. The number of rotatable bonds is 4. The van der Waals surface area contributed by atoms with Gasteiger partial charge in [-0.2, -0.15) is 0 Å². The van der Waals surface area contributed by atoms with Crippen molar-refractivity contribution in [2.24, 2.45) is 11.3 Å². The van der Waals surface area contributed by atoms with E-state index in [1.54, 1.807) is 0 Å². The van der Waals surface area contributed by atoms with Gasteiger partial charge < -0.3 is 5.32 Å². The van der Waals surface area contributed by atoms with Gasteiger partial charge >= 0.3 is 0 Å². The molecule has 1 nitrogen and oxygen atoms in total. The van der Waals surface area contributed by atoms with Gasteiger partial charge in [-0.05, 0) is 55.5 Å². The van der Waals surface area contributed by atoms with Crippen LogP contribution >= 0.6 is 0 Å². The van der Waals surface area contributed by atoms with Crippen molar-refractivity contribution in [2.45, 2.75) is 58.9 Å². The van der Waals surface area contributed by atoms with Crippen LogP contribution in [0.2, 0.25) is 0 Å². The Morgan fingerprint density at radius 3 is 2.21 bits per heavy atom. The summed E-state index contributed by atoms with van der Waals surface area (Å²) in [5, 5.41) is 3.74. The van der Waals surface area contributed by atoms with E-state index < -0.39 is 0 Å². The first kappa shape index (κ1) is 14.6. The third kappa shape index (κ3) is 4.65. The normalized spacial score (nSPS) is 24.4. The van der Waals surface area contributed by atoms with Crippen molar-refractivity contribution in [3.63, 3.8) is 0 Å². The minimum atomic E-state index is 0.495. The van der Waals surface area contributed by atoms with Gasteiger partial charge in [0.1, 0.15) is 0 Å². The van der Waals surface area contributed by atoms with Crippen molar-refractivity contribution in [3.8, 4) is 0 Å². The monoisotopic (exact) mass is 259 g/mol. The molecular weight excluding hydrogens is 230 g/mol. The van der Waals surface area contributed by atoms with Crippen LogP contribution in [-0.4, -0.2) is 12.6 Å². The summed E-state index contributed by atoms with van der Waals surface area (Å²) >= 11 is 0. The van der Waals surface area contributed by atoms with Gasteiger partial charge in [0.05, 0.1) is 0 Å². The molecule has 2 rings (SSSR count). The number of nitrogens with one attached hydrogen (secondary N) is 1. The van der Waals surface area contributed by atoms with Gasteiger partial charge in [-0.1, -0.05) is 51.1 Å². The quantitative estimate of drug-likeness (QED) is 0.844. The summed E-state index contributed by atoms with van der Waals surface area (Å²) in [4.78, 5) is 0. The zero-order chi connectivity index (χ0) is 13.7. The van der Waals surface area contributed by atoms with Crippen LogP contribution in [0, 0.1) is 11.3 Å². The van der Waals surface area contributed by atoms with Crippen LogP contribution in [0.5, 0.6) is 0 Å². The molecule has 0 heterocycles. The largest absolute Gasteiger partial charge is 0.314 e. The summed E-state index contributed by atoms with van der Waals surface area (Å²) in [5.41, 5.74) is 1.94. The van der Waals surface area contributed by atoms with E-state index in [1.165, 1.54) is 31.2 Å². The summed E-state index contributed by atoms with van der Waals surface area (Å²) in [6.07, 6.45) is 6.66. The topological polar surface area (TPSA) is 12.0 Å². The van der Waals surface area contributed by atoms with E-state index in [-0.39, 0.29) is 0 Å². The lowest BCUT2D eigenvalue weighted by Gasteiger charge is -2.37. The molecule has 0 atom stereocenters. The maximum Gasteiger partial charge on any atom is 0.00674 e. The molecule has 0 spiro atoms. The molecule has 1 aliphatic carbocycles. The molecule has 1 aromatic rings. The lowest BCUT2D eigenvalue weighted by atomic mass is 9.71. The van der Waals surface area contributed by atoms with Crippen LogP contribution in [0.25, 0.3) is 0 Å². The molecule has 0 aliphatic heterocycles. The third-order valence-electron chi connectivity index (χ3n) is 4.64. The van der Waals surface area contributed by atoms with E-state index in [0.717, 1.165) is 24.9 Å². The van der Waals surface area contributed by atoms with Gasteiger partial charge in [-0.3, -0.25) is 0 Å². The Hall–Kier alpha value is -0.820. The fraction of sp³-hybridized carbons (Fsp3) is 0.667. The highest BCUT2D eigenvalue weighted by Gasteiger charge is 2.29. The van der Waals surface area contributed by atoms with Crippen molar-refractivity contribution >= 4 is 0 Å². The van der Waals surface area contributed by atoms with Gasteiger partial charge in [0.2, 0.25) is 0 Å². The first-order chi connectivity index (χ1) is 9.05. The molecule has 1 aliphatic rings. The van der Waals surface area contributed by atoms with E-state index in [0.29, 0.717) is 5.41 Å². The van der Waals surface area contributed by atoms with E-state index >= 15 is 0 Å². The Bertz CT molecular complexity index is 355. The molecule has 1 saturated carbocycles. The smallest absolute Gasteiger partial charge is 0.00674 e. The minimum absolute atomic E-state index is 0.495. The average Bonchev–Trinajstić information content (AvgIpc) is 2.39. The Morgan fingerprint density at radius 2 is 1.63 bits per heavy atom. The van der Waals surface area contributed by atoms with Crippen molar-refractivity contribution in [1.29, 1.82) is 0 Å². The lowest BCUT2D eigenvalue weighted by molar-refractivity contribution is 0.160. The Kier molecular flexibility index (Phi) is 5.04. The summed E-state index contributed by atoms with van der Waals surface area (Å²) in [6, 6.07) is 11.5. The fourth-order valence-corrected chi connectivity index (χ4v) is 3.23. The van der Waals surface area contributed by atoms with Crippen LogP contribution < -0.4 is 5.32 Å². The molecule has 19 heavy (non-hydrogen) atoms. The second-order valence-corrected chi connectivity index (χ2v) is 7.10. The predicted octanol–water partition coefficient (Wildman–Crippen LogP) is 4.42. The van der Waals surface area contributed by atoms with Crippen molar-refractivity contribution in [1.82, 2.24) is 5.32 Å². The van der Waals surface area contributed by atoms with Crippen molar-refractivity contribution in [3.05, 3.63) is 35.9 Å². The predicted molar refractivity (Wildman–Crippen MR) is 83.3 cm³/mol. The zero-order valence-electron chi connectivity index (χ0n) is 12.8. The fourth-order valence-electron chi connectivity index (χ4n) is 3.23. The van der Waals surface area contributed by atoms with Crippen molar-refractivity contribution in [2.75, 3.05) is 6.54 Å². The number of hydrogen-bond donors (Lipinski definition) is 1. The second-order valence-electron chi connectivity index (χ2n) is 7.10. The highest BCUT2D eigenvalue weighted by atomic mass is 14.9. The maximum absolute atomic E-state index is 3.74. The van der Waals surface area contributed by atoms with Crippen LogP contribution in [0.3, 0.4) is 0 Å². The summed E-state index contributed by atoms with van der Waals surface area (Å²) in [7, 11) is 0. The molecule has 0 saturated heterocycles. The standard InChI is InChI=1S/C18H29N/c1-18(2,3)16-9-11-17(12-10-16)19-14-13-15-7-5-4-6-8-15/h4-8,16-17,19H,9-14H2,1-3H3/t16-,17-. The Balaban J connectivity index is 1.66. The second kappa shape index (κ2) is 6.56. The van der Waals surface area contributed by atoms with E-state index in [4.69, 9.17) is 0 Å². The summed E-state index contributed by atoms with van der Waals surface area (Å²) in [5.74, 6) is 0.916. The molecule has 0 aromatic heterocycles. The molecule has 1 N–H and O–H groups in total. The molecule has 0 bridgehead atoms. The van der Waals surface area contributed by atoms with Gasteiger partial charge in [0.15, 0.2) is 0 Å². The Labute approximate surface area is 118 Å². The molecule has 0 radical (unpaired) electrons. The minimum Gasteiger partial charge on any atom is -0.314 e. The molecule has 1 aromatic carbocycles. The Morgan fingerprint density at radius 1 is 1.00 bits per heavy atom. The summed E-state index contributed by atoms with van der Waals surface area (Å²) in [6.45, 7) is 8.29. The molecular formula is C18H29N. The van der Waals surface area contributed by atoms with Crippen molar-refractivity contribution < 1.29 is 0 Å². The molecule has 1 fully saturated rings. The first-order valence-corrected chi connectivity index (χ1v) is 7.83. The molecule has 0 unspecified atom stereocenters. The maximum atomic E-state index is 3.74. The van der Waals surface area contributed by atoms with Gasteiger partial charge in [0.25, 0.3) is 0 Å². The van der Waals surface area contributed by atoms with Gasteiger partial charge in [-0.25, -0.2) is 0 Å². The van der Waals surface area contributed by atoms with Crippen LogP contribution in [-0.2, 0) is 6.42 Å². The molecule has 0 amide bonds. The third-order valence-corrected chi connectivity index (χ3v) is 4.64. The molecule has 106 valence electrons. The zero-order valence-corrected chi connectivity index (χ0v) is 12.8. The van der Waals surface area contributed by atoms with E-state index in [2.05, 4.69) is 56.4 Å². The first-order valence-electron chi connectivity index (χ1n) is 7.83. The van der Waals surface area contributed by atoms with Gasteiger partial charge in [0, 0.05) is 6.04 Å². The van der Waals surface area contributed by atoms with Crippen LogP contribution in [0.1, 0.15) is 52.0 Å². The SMILES string of the molecule is CC(C)(C)[C@H]1CC[C@H](NCCc2ccccc2)CC1.